The van der Waals surface area contributed by atoms with Crippen LogP contribution in [0.5, 0.6) is 11.5 Å². The molecule has 0 aliphatic carbocycles. The number of anilines is 3. The molecule has 32 heavy (non-hydrogen) atoms. The lowest BCUT2D eigenvalue weighted by atomic mass is 10.2. The van der Waals surface area contributed by atoms with Crippen LogP contribution in [0.25, 0.3) is 0 Å². The van der Waals surface area contributed by atoms with E-state index in [0.29, 0.717) is 43.5 Å². The molecule has 0 saturated carbocycles. The largest absolute Gasteiger partial charge is 0.494 e. The van der Waals surface area contributed by atoms with Gasteiger partial charge < -0.3 is 25.4 Å². The van der Waals surface area contributed by atoms with Gasteiger partial charge in [0.2, 0.25) is 5.91 Å². The Labute approximate surface area is 187 Å². The SMILES string of the molecule is CCCCn1c(N)c(N(CC)CC(=O)Nc2cc(OCC)ccc2OCC)c(=O)[nH]c1=O. The number of nitrogens with zero attached hydrogens (tertiary/aromatic N) is 2. The molecule has 0 saturated heterocycles. The van der Waals surface area contributed by atoms with Gasteiger partial charge in [0.25, 0.3) is 5.56 Å². The van der Waals surface area contributed by atoms with Crippen molar-refractivity contribution in [3.63, 3.8) is 0 Å². The third-order valence-corrected chi connectivity index (χ3v) is 4.82. The molecule has 176 valence electrons. The van der Waals surface area contributed by atoms with Gasteiger partial charge in [-0.05, 0) is 39.3 Å². The van der Waals surface area contributed by atoms with Gasteiger partial charge in [-0.25, -0.2) is 4.79 Å². The Morgan fingerprint density at radius 3 is 2.50 bits per heavy atom. The molecule has 10 nitrogen and oxygen atoms in total. The number of amides is 1. The maximum Gasteiger partial charge on any atom is 0.330 e. The topological polar surface area (TPSA) is 132 Å². The molecule has 0 unspecified atom stereocenters. The van der Waals surface area contributed by atoms with Crippen molar-refractivity contribution in [1.29, 1.82) is 0 Å². The highest BCUT2D eigenvalue weighted by Crippen LogP contribution is 2.29. The quantitative estimate of drug-likeness (QED) is 0.454. The van der Waals surface area contributed by atoms with Crippen LogP contribution in [-0.2, 0) is 11.3 Å². The summed E-state index contributed by atoms with van der Waals surface area (Å²) in [5, 5.41) is 2.82. The first-order chi connectivity index (χ1) is 15.4. The summed E-state index contributed by atoms with van der Waals surface area (Å²) in [5.74, 6) is 0.793. The van der Waals surface area contributed by atoms with Gasteiger partial charge in [-0.3, -0.25) is 19.1 Å². The second-order valence-corrected chi connectivity index (χ2v) is 7.08. The number of aromatic nitrogens is 2. The molecule has 1 aromatic carbocycles. The van der Waals surface area contributed by atoms with Crippen molar-refractivity contribution in [1.82, 2.24) is 9.55 Å². The van der Waals surface area contributed by atoms with Gasteiger partial charge in [0, 0.05) is 19.2 Å². The fourth-order valence-electron chi connectivity index (χ4n) is 3.28. The van der Waals surface area contributed by atoms with E-state index in [-0.39, 0.29) is 24.0 Å². The number of unbranched alkanes of at least 4 members (excludes halogenated alkanes) is 1. The number of likely N-dealkylation sites (N-methyl/N-ethyl adjacent to an activating group) is 1. The zero-order valence-electron chi connectivity index (χ0n) is 19.2. The van der Waals surface area contributed by atoms with E-state index < -0.39 is 11.2 Å². The zero-order valence-corrected chi connectivity index (χ0v) is 19.2. The predicted molar refractivity (Wildman–Crippen MR) is 126 cm³/mol. The van der Waals surface area contributed by atoms with Crippen molar-refractivity contribution in [2.75, 3.05) is 42.3 Å². The molecule has 0 atom stereocenters. The monoisotopic (exact) mass is 447 g/mol. The van der Waals surface area contributed by atoms with Crippen LogP contribution in [-0.4, -0.2) is 41.8 Å². The zero-order chi connectivity index (χ0) is 23.7. The van der Waals surface area contributed by atoms with Gasteiger partial charge in [-0.2, -0.15) is 0 Å². The van der Waals surface area contributed by atoms with Crippen LogP contribution in [0, 0.1) is 0 Å². The number of carbonyl (C=O) groups excluding carboxylic acids is 1. The second kappa shape index (κ2) is 11.8. The van der Waals surface area contributed by atoms with E-state index in [0.717, 1.165) is 12.8 Å². The molecule has 4 N–H and O–H groups in total. The number of rotatable bonds is 12. The maximum atomic E-state index is 12.9. The summed E-state index contributed by atoms with van der Waals surface area (Å²) in [6.45, 7) is 9.02. The van der Waals surface area contributed by atoms with Crippen LogP contribution in [0.4, 0.5) is 17.2 Å². The molecule has 2 aromatic rings. The summed E-state index contributed by atoms with van der Waals surface area (Å²) < 4.78 is 12.4. The average molecular weight is 448 g/mol. The summed E-state index contributed by atoms with van der Waals surface area (Å²) in [5.41, 5.74) is 5.57. The van der Waals surface area contributed by atoms with Gasteiger partial charge in [-0.15, -0.1) is 0 Å². The highest BCUT2D eigenvalue weighted by molar-refractivity contribution is 5.96. The van der Waals surface area contributed by atoms with Gasteiger partial charge in [0.1, 0.15) is 23.0 Å². The molecule has 0 aliphatic heterocycles. The van der Waals surface area contributed by atoms with Crippen molar-refractivity contribution in [2.24, 2.45) is 0 Å². The van der Waals surface area contributed by atoms with E-state index in [1.165, 1.54) is 9.47 Å². The van der Waals surface area contributed by atoms with Crippen molar-refractivity contribution in [3.05, 3.63) is 39.0 Å². The van der Waals surface area contributed by atoms with E-state index in [4.69, 9.17) is 15.2 Å². The number of aromatic amines is 1. The molecular weight excluding hydrogens is 414 g/mol. The maximum absolute atomic E-state index is 12.9. The van der Waals surface area contributed by atoms with Crippen LogP contribution in [0.15, 0.2) is 27.8 Å². The lowest BCUT2D eigenvalue weighted by molar-refractivity contribution is -0.115. The number of nitrogen functional groups attached to an aromatic ring is 1. The summed E-state index contributed by atoms with van der Waals surface area (Å²) in [7, 11) is 0. The minimum Gasteiger partial charge on any atom is -0.494 e. The minimum atomic E-state index is -0.622. The molecular formula is C22H33N5O5. The molecule has 1 heterocycles. The molecule has 0 fully saturated rings. The second-order valence-electron chi connectivity index (χ2n) is 7.08. The fourth-order valence-corrected chi connectivity index (χ4v) is 3.28. The Kier molecular flexibility index (Phi) is 9.18. The van der Waals surface area contributed by atoms with E-state index in [1.807, 2.05) is 20.8 Å². The number of carbonyl (C=O) groups is 1. The molecule has 10 heteroatoms. The highest BCUT2D eigenvalue weighted by atomic mass is 16.5. The first kappa shape index (κ1) is 24.8. The predicted octanol–water partition coefficient (Wildman–Crippen LogP) is 2.18. The number of nitrogens with two attached hydrogens (primary N) is 1. The molecule has 0 bridgehead atoms. The molecule has 0 aliphatic rings. The third kappa shape index (κ3) is 6.05. The summed E-state index contributed by atoms with van der Waals surface area (Å²) >= 11 is 0. The third-order valence-electron chi connectivity index (χ3n) is 4.82. The normalized spacial score (nSPS) is 10.6. The lowest BCUT2D eigenvalue weighted by Crippen LogP contribution is -2.41. The molecule has 0 radical (unpaired) electrons. The Morgan fingerprint density at radius 2 is 1.88 bits per heavy atom. The van der Waals surface area contributed by atoms with Gasteiger partial charge in [0.05, 0.1) is 25.4 Å². The number of ether oxygens (including phenoxy) is 2. The number of hydrogen-bond acceptors (Lipinski definition) is 7. The first-order valence-corrected chi connectivity index (χ1v) is 10.9. The van der Waals surface area contributed by atoms with Crippen LogP contribution in [0.2, 0.25) is 0 Å². The van der Waals surface area contributed by atoms with Gasteiger partial charge in [0.15, 0.2) is 0 Å². The van der Waals surface area contributed by atoms with Gasteiger partial charge >= 0.3 is 5.69 Å². The van der Waals surface area contributed by atoms with Crippen LogP contribution >= 0.6 is 0 Å². The molecule has 1 aromatic heterocycles. The van der Waals surface area contributed by atoms with E-state index in [1.54, 1.807) is 25.1 Å². The average Bonchev–Trinajstić information content (AvgIpc) is 2.74. The Balaban J connectivity index is 2.30. The van der Waals surface area contributed by atoms with E-state index in [2.05, 4.69) is 10.3 Å². The number of hydrogen-bond donors (Lipinski definition) is 3. The summed E-state index contributed by atoms with van der Waals surface area (Å²) in [4.78, 5) is 41.4. The van der Waals surface area contributed by atoms with Crippen molar-refractivity contribution in [2.45, 2.75) is 47.1 Å². The van der Waals surface area contributed by atoms with Gasteiger partial charge in [-0.1, -0.05) is 13.3 Å². The minimum absolute atomic E-state index is 0.0511. The summed E-state index contributed by atoms with van der Waals surface area (Å²) in [6.07, 6.45) is 1.60. The first-order valence-electron chi connectivity index (χ1n) is 10.9. The lowest BCUT2D eigenvalue weighted by Gasteiger charge is -2.24. The van der Waals surface area contributed by atoms with Crippen LogP contribution in [0.1, 0.15) is 40.5 Å². The van der Waals surface area contributed by atoms with Crippen molar-refractivity contribution in [3.8, 4) is 11.5 Å². The van der Waals surface area contributed by atoms with Crippen LogP contribution in [0.3, 0.4) is 0 Å². The standard InChI is InChI=1S/C22H33N5O5/c1-5-9-12-27-20(23)19(21(29)25-22(27)30)26(6-2)14-18(28)24-16-13-15(31-7-3)10-11-17(16)32-8-4/h10-11,13H,5-9,12,14,23H2,1-4H3,(H,24,28)(H,25,29,30). The fraction of sp³-hybridized carbons (Fsp3) is 0.500. The van der Waals surface area contributed by atoms with Crippen molar-refractivity contribution >= 4 is 23.1 Å². The smallest absolute Gasteiger partial charge is 0.330 e. The summed E-state index contributed by atoms with van der Waals surface area (Å²) in [6, 6.07) is 5.19. The highest BCUT2D eigenvalue weighted by Gasteiger charge is 2.20. The Bertz CT molecular complexity index is 1030. The molecule has 0 spiro atoms. The number of H-pyrrole nitrogens is 1. The Hall–Kier alpha value is -3.43. The molecule has 1 amide bonds. The molecule has 2 rings (SSSR count). The van der Waals surface area contributed by atoms with E-state index in [9.17, 15) is 14.4 Å². The number of nitrogens with one attached hydrogen (secondary N) is 2. The Morgan fingerprint density at radius 1 is 1.16 bits per heavy atom. The van der Waals surface area contributed by atoms with E-state index >= 15 is 0 Å². The van der Waals surface area contributed by atoms with Crippen LogP contribution < -0.4 is 36.7 Å². The van der Waals surface area contributed by atoms with Crippen molar-refractivity contribution < 1.29 is 14.3 Å². The number of benzene rings is 1.